The third-order valence-corrected chi connectivity index (χ3v) is 0. The van der Waals surface area contributed by atoms with Crippen molar-refractivity contribution in [2.45, 2.75) is 0 Å². The van der Waals surface area contributed by atoms with E-state index in [0.29, 0.717) is 0 Å². The van der Waals surface area contributed by atoms with Gasteiger partial charge in [0.25, 0.3) is 0 Å². The first-order valence-electron chi connectivity index (χ1n) is 0. The molecule has 1 nitrogen and oxygen atoms in total. The van der Waals surface area contributed by atoms with E-state index in [1.54, 1.807) is 0 Å². The Morgan fingerprint density at radius 1 is 0.600 bits per heavy atom. The summed E-state index contributed by atoms with van der Waals surface area (Å²) in [5, 5.41) is 0. The maximum absolute atomic E-state index is 0. The minimum Gasteiger partial charge on any atom is -0.693 e. The zero-order valence-electron chi connectivity index (χ0n) is 2.80. The topological polar surface area (TPSA) is 33.5 Å². The van der Waals surface area contributed by atoms with Crippen molar-refractivity contribution in [2.24, 2.45) is 0 Å². The summed E-state index contributed by atoms with van der Waals surface area (Å²) in [5.74, 6) is 0. The summed E-state index contributed by atoms with van der Waals surface area (Å²) in [5.41, 5.74) is 0. The van der Waals surface area contributed by atoms with Gasteiger partial charge in [-0.25, -0.2) is 0 Å². The second-order valence-corrected chi connectivity index (χ2v) is 0. The Morgan fingerprint density at radius 3 is 0.600 bits per heavy atom. The molecule has 26 valence electrons. The molecular formula is H2KNW3. The number of rotatable bonds is 0. The number of hydrogen-bond donors (Lipinski definition) is 0. The van der Waals surface area contributed by atoms with E-state index in [1.807, 2.05) is 0 Å². The van der Waals surface area contributed by atoms with Gasteiger partial charge in [0.1, 0.15) is 0 Å². The molecule has 0 fully saturated rings. The van der Waals surface area contributed by atoms with Crippen LogP contribution in [-0.2, 0) is 63.2 Å². The van der Waals surface area contributed by atoms with Crippen LogP contribution in [-0.4, -0.2) is 0 Å². The molecule has 0 aliphatic heterocycles. The first-order chi connectivity index (χ1) is 0. The van der Waals surface area contributed by atoms with Crippen LogP contribution in [0.5, 0.6) is 0 Å². The molecule has 5 heteroatoms. The average Bonchev–Trinajstić information content (AvgIpc) is 0. The van der Waals surface area contributed by atoms with Crippen LogP contribution in [0.2, 0.25) is 0 Å². The molecule has 0 aromatic heterocycles. The normalized spacial score (nSPS) is 0. The standard InChI is InChI=1S/K.H2N.3W/h;1H2;;;/q+1;-1;;;. The Balaban J connectivity index is 0. The van der Waals surface area contributed by atoms with Crippen molar-refractivity contribution in [3.63, 3.8) is 0 Å². The predicted molar refractivity (Wildman–Crippen MR) is 5.28 cm³/mol. The van der Waals surface area contributed by atoms with Gasteiger partial charge in [-0.3, -0.25) is 0 Å². The summed E-state index contributed by atoms with van der Waals surface area (Å²) in [6.45, 7) is 0. The van der Waals surface area contributed by atoms with Crippen molar-refractivity contribution < 1.29 is 115 Å². The van der Waals surface area contributed by atoms with E-state index in [-0.39, 0.29) is 121 Å². The summed E-state index contributed by atoms with van der Waals surface area (Å²) in [6.07, 6.45) is 0. The van der Waals surface area contributed by atoms with Gasteiger partial charge in [0.15, 0.2) is 0 Å². The molecule has 2 N–H and O–H groups in total. The SMILES string of the molecule is [K+].[NH2-].[W].[W].[W]. The molecule has 0 spiro atoms. The summed E-state index contributed by atoms with van der Waals surface area (Å²) in [7, 11) is 0. The Kier molecular flexibility index (Phi) is 192. The average molecular weight is 607 g/mol. The third kappa shape index (κ3) is 18.3. The van der Waals surface area contributed by atoms with Crippen molar-refractivity contribution in [3.05, 3.63) is 6.15 Å². The van der Waals surface area contributed by atoms with Crippen molar-refractivity contribution in [2.75, 3.05) is 0 Å². The molecule has 0 rings (SSSR count). The summed E-state index contributed by atoms with van der Waals surface area (Å²) in [4.78, 5) is 0. The first kappa shape index (κ1) is 37.9. The molecule has 0 heterocycles. The van der Waals surface area contributed by atoms with Gasteiger partial charge in [-0.2, -0.15) is 0 Å². The number of hydrogen-bond acceptors (Lipinski definition) is 0. The van der Waals surface area contributed by atoms with Crippen LogP contribution in [0.1, 0.15) is 0 Å². The summed E-state index contributed by atoms with van der Waals surface area (Å²) in [6, 6.07) is 0. The van der Waals surface area contributed by atoms with Gasteiger partial charge in [-0.05, 0) is 0 Å². The van der Waals surface area contributed by atoms with Gasteiger partial charge in [-0.15, -0.1) is 0 Å². The van der Waals surface area contributed by atoms with Crippen molar-refractivity contribution >= 4 is 0 Å². The first-order valence-corrected chi connectivity index (χ1v) is 0. The van der Waals surface area contributed by atoms with E-state index in [2.05, 4.69) is 0 Å². The van der Waals surface area contributed by atoms with Crippen molar-refractivity contribution in [1.29, 1.82) is 0 Å². The quantitative estimate of drug-likeness (QED) is 0.279. The molecule has 0 radical (unpaired) electrons. The maximum atomic E-state index is 0. The molecule has 0 aliphatic carbocycles. The molecule has 0 unspecified atom stereocenters. The second-order valence-electron chi connectivity index (χ2n) is 0. The van der Waals surface area contributed by atoms with E-state index < -0.39 is 0 Å². The number of nitrogens with two attached hydrogens (primary N) is 1. The Bertz CT molecular complexity index is 6.85. The zero-order chi connectivity index (χ0) is 0. The molecule has 0 aliphatic rings. The van der Waals surface area contributed by atoms with Crippen LogP contribution in [0.3, 0.4) is 0 Å². The van der Waals surface area contributed by atoms with Crippen molar-refractivity contribution in [1.82, 2.24) is 0 Å². The molecule has 5 heavy (non-hydrogen) atoms. The van der Waals surface area contributed by atoms with E-state index in [4.69, 9.17) is 0 Å². The Labute approximate surface area is 118 Å². The van der Waals surface area contributed by atoms with Gasteiger partial charge in [0.2, 0.25) is 0 Å². The van der Waals surface area contributed by atoms with Gasteiger partial charge < -0.3 is 6.15 Å². The van der Waals surface area contributed by atoms with Gasteiger partial charge in [-0.1, -0.05) is 0 Å². The monoisotopic (exact) mass is 607 g/mol. The van der Waals surface area contributed by atoms with Gasteiger partial charge in [0.05, 0.1) is 0 Å². The largest absolute Gasteiger partial charge is 1.00 e. The molecule has 0 amide bonds. The van der Waals surface area contributed by atoms with E-state index in [0.717, 1.165) is 0 Å². The molecule has 0 atom stereocenters. The molecule has 0 saturated heterocycles. The van der Waals surface area contributed by atoms with Crippen LogP contribution < -0.4 is 51.4 Å². The fourth-order valence-electron chi connectivity index (χ4n) is 0. The maximum Gasteiger partial charge on any atom is 1.00 e. The van der Waals surface area contributed by atoms with Crippen molar-refractivity contribution in [3.8, 4) is 0 Å². The zero-order valence-corrected chi connectivity index (χ0v) is 14.7. The van der Waals surface area contributed by atoms with E-state index in [1.165, 1.54) is 0 Å². The summed E-state index contributed by atoms with van der Waals surface area (Å²) >= 11 is 0. The smallest absolute Gasteiger partial charge is 0.693 e. The predicted octanol–water partition coefficient (Wildman–Crippen LogP) is -2.29. The van der Waals surface area contributed by atoms with Crippen LogP contribution in [0.15, 0.2) is 0 Å². The van der Waals surface area contributed by atoms with Crippen LogP contribution in [0.25, 0.3) is 6.15 Å². The molecule has 0 aromatic carbocycles. The van der Waals surface area contributed by atoms with Gasteiger partial charge >= 0.3 is 51.4 Å². The molecule has 0 bridgehead atoms. The third-order valence-electron chi connectivity index (χ3n) is 0. The molecule has 0 aromatic rings. The van der Waals surface area contributed by atoms with Gasteiger partial charge in [0, 0.05) is 63.2 Å². The fraction of sp³-hybridized carbons (Fsp3) is 0. The molecular weight excluding hydrogens is 605 g/mol. The second kappa shape index (κ2) is 25.4. The van der Waals surface area contributed by atoms with Crippen LogP contribution in [0.4, 0.5) is 0 Å². The summed E-state index contributed by atoms with van der Waals surface area (Å²) < 4.78 is 0. The Hall–Kier alpha value is 3.66. The van der Waals surface area contributed by atoms with E-state index >= 15 is 0 Å². The minimum atomic E-state index is 0. The minimum absolute atomic E-state index is 0. The molecule has 0 saturated carbocycles. The fourth-order valence-corrected chi connectivity index (χ4v) is 0. The van der Waals surface area contributed by atoms with Crippen LogP contribution in [0, 0.1) is 0 Å². The Morgan fingerprint density at radius 2 is 0.600 bits per heavy atom. The van der Waals surface area contributed by atoms with Crippen LogP contribution >= 0.6 is 0 Å². The van der Waals surface area contributed by atoms with E-state index in [9.17, 15) is 0 Å².